The van der Waals surface area contributed by atoms with Gasteiger partial charge in [-0.25, -0.2) is 0 Å². The van der Waals surface area contributed by atoms with Crippen LogP contribution in [0.4, 0.5) is 0 Å². The summed E-state index contributed by atoms with van der Waals surface area (Å²) in [4.78, 5) is 0. The van der Waals surface area contributed by atoms with E-state index in [4.69, 9.17) is 0 Å². The van der Waals surface area contributed by atoms with Gasteiger partial charge in [-0.1, -0.05) is 13.3 Å². The monoisotopic (exact) mass is 184 g/mol. The molecule has 0 rings (SSSR count). The minimum Gasteiger partial charge on any atom is -0.162 e. The fourth-order valence-electron chi connectivity index (χ4n) is 0.966. The van der Waals surface area contributed by atoms with Crippen LogP contribution in [0.1, 0.15) is 46.0 Å². The Labute approximate surface area is 81.5 Å². The first kappa shape index (κ1) is 11.9. The van der Waals surface area contributed by atoms with Gasteiger partial charge in [0.2, 0.25) is 0 Å². The summed E-state index contributed by atoms with van der Waals surface area (Å²) in [6.45, 7) is 4.15. The second-order valence-electron chi connectivity index (χ2n) is 2.85. The third kappa shape index (κ3) is 9.91. The Kier molecular flexibility index (Phi) is 10.8. The van der Waals surface area contributed by atoms with E-state index in [0.717, 1.165) is 6.42 Å². The summed E-state index contributed by atoms with van der Waals surface area (Å²) in [5.41, 5.74) is 0. The molecule has 0 aliphatic heterocycles. The Hall–Kier alpha value is -0.0900. The van der Waals surface area contributed by atoms with Crippen molar-refractivity contribution in [1.29, 1.82) is 0 Å². The highest BCUT2D eigenvalue weighted by Crippen LogP contribution is 2.07. The first-order valence-corrected chi connectivity index (χ1v) is 6.04. The highest BCUT2D eigenvalue weighted by Gasteiger charge is 1.88. The number of hydrogen-bond donors (Lipinski definition) is 0. The van der Waals surface area contributed by atoms with E-state index in [0.29, 0.717) is 0 Å². The zero-order valence-corrected chi connectivity index (χ0v) is 9.17. The molecule has 0 amide bonds. The first-order valence-electron chi connectivity index (χ1n) is 4.89. The minimum atomic E-state index is 1.09. The summed E-state index contributed by atoms with van der Waals surface area (Å²) in [7, 11) is 0. The van der Waals surface area contributed by atoms with Crippen molar-refractivity contribution in [3.8, 4) is 11.8 Å². The molecule has 0 saturated carbocycles. The maximum absolute atomic E-state index is 3.09. The molecule has 0 N–H and O–H groups in total. The van der Waals surface area contributed by atoms with E-state index in [1.54, 1.807) is 0 Å². The van der Waals surface area contributed by atoms with E-state index in [1.807, 2.05) is 6.92 Å². The molecule has 0 spiro atoms. The quantitative estimate of drug-likeness (QED) is 0.429. The van der Waals surface area contributed by atoms with Gasteiger partial charge in [0.25, 0.3) is 0 Å². The molecule has 0 aliphatic carbocycles. The summed E-state index contributed by atoms with van der Waals surface area (Å²) in [6.07, 6.45) is 6.41. The molecule has 0 aromatic heterocycles. The van der Waals surface area contributed by atoms with Crippen molar-refractivity contribution in [2.45, 2.75) is 46.0 Å². The Balaban J connectivity index is 2.84. The summed E-state index contributed by atoms with van der Waals surface area (Å²) >= 11 is 2.08. The lowest BCUT2D eigenvalue weighted by atomic mass is 10.2. The zero-order valence-electron chi connectivity index (χ0n) is 8.36. The molecule has 0 aliphatic rings. The lowest BCUT2D eigenvalue weighted by Gasteiger charge is -1.97. The van der Waals surface area contributed by atoms with Gasteiger partial charge in [0.1, 0.15) is 0 Å². The summed E-state index contributed by atoms with van der Waals surface area (Å²) in [5.74, 6) is 8.69. The van der Waals surface area contributed by atoms with Crippen molar-refractivity contribution in [1.82, 2.24) is 0 Å². The predicted molar refractivity (Wildman–Crippen MR) is 59.5 cm³/mol. The van der Waals surface area contributed by atoms with Crippen LogP contribution in [0.15, 0.2) is 0 Å². The van der Waals surface area contributed by atoms with Crippen LogP contribution in [-0.2, 0) is 0 Å². The molecule has 1 heteroatoms. The van der Waals surface area contributed by atoms with Crippen LogP contribution in [-0.4, -0.2) is 11.5 Å². The van der Waals surface area contributed by atoms with Crippen LogP contribution in [0.2, 0.25) is 0 Å². The van der Waals surface area contributed by atoms with Gasteiger partial charge in [-0.15, -0.1) is 11.8 Å². The Morgan fingerprint density at radius 2 is 1.92 bits per heavy atom. The van der Waals surface area contributed by atoms with Gasteiger partial charge in [0, 0.05) is 6.42 Å². The van der Waals surface area contributed by atoms with Crippen LogP contribution >= 0.6 is 11.8 Å². The molecule has 0 heterocycles. The fourth-order valence-corrected chi connectivity index (χ4v) is 1.87. The average Bonchev–Trinajstić information content (AvgIpc) is 2.10. The predicted octanol–water partition coefficient (Wildman–Crippen LogP) is 3.71. The van der Waals surface area contributed by atoms with Crippen LogP contribution in [0.3, 0.4) is 0 Å². The molecular formula is C11H20S. The van der Waals surface area contributed by atoms with Crippen molar-refractivity contribution in [2.24, 2.45) is 0 Å². The van der Waals surface area contributed by atoms with Gasteiger partial charge in [0.15, 0.2) is 0 Å². The lowest BCUT2D eigenvalue weighted by Crippen LogP contribution is -1.82. The normalized spacial score (nSPS) is 9.17. The number of thioether (sulfide) groups is 1. The Morgan fingerprint density at radius 3 is 2.58 bits per heavy atom. The Bertz CT molecular complexity index is 130. The number of rotatable bonds is 7. The smallest absolute Gasteiger partial charge is 0.00885 e. The summed E-state index contributed by atoms with van der Waals surface area (Å²) < 4.78 is 0. The maximum atomic E-state index is 3.09. The zero-order chi connectivity index (χ0) is 9.07. The first-order chi connectivity index (χ1) is 5.91. The van der Waals surface area contributed by atoms with Crippen molar-refractivity contribution >= 4 is 11.8 Å². The summed E-state index contributed by atoms with van der Waals surface area (Å²) in [5, 5.41) is 0. The van der Waals surface area contributed by atoms with Crippen molar-refractivity contribution in [3.05, 3.63) is 0 Å². The van der Waals surface area contributed by atoms with Crippen LogP contribution in [0, 0.1) is 11.8 Å². The second kappa shape index (κ2) is 10.9. The SMILES string of the molecule is CC#CCCCCCSCCC. The number of unbranched alkanes of at least 4 members (excludes halogenated alkanes) is 3. The highest BCUT2D eigenvalue weighted by molar-refractivity contribution is 7.99. The average molecular weight is 184 g/mol. The largest absolute Gasteiger partial charge is 0.162 e. The van der Waals surface area contributed by atoms with E-state index in [9.17, 15) is 0 Å². The van der Waals surface area contributed by atoms with Gasteiger partial charge in [-0.2, -0.15) is 11.8 Å². The molecule has 12 heavy (non-hydrogen) atoms. The highest BCUT2D eigenvalue weighted by atomic mass is 32.2. The van der Waals surface area contributed by atoms with Crippen molar-refractivity contribution in [3.63, 3.8) is 0 Å². The molecule has 70 valence electrons. The molecule has 0 fully saturated rings. The number of hydrogen-bond acceptors (Lipinski definition) is 1. The van der Waals surface area contributed by atoms with Gasteiger partial charge in [-0.3, -0.25) is 0 Å². The standard InChI is InChI=1S/C11H20S/c1-3-5-6-7-8-9-11-12-10-4-2/h4,6-11H2,1-2H3. The molecule has 0 unspecified atom stereocenters. The second-order valence-corrected chi connectivity index (χ2v) is 4.07. The molecule has 0 saturated heterocycles. The van der Waals surface area contributed by atoms with Gasteiger partial charge in [-0.05, 0) is 37.7 Å². The van der Waals surface area contributed by atoms with Gasteiger partial charge in [0.05, 0.1) is 0 Å². The Morgan fingerprint density at radius 1 is 1.08 bits per heavy atom. The lowest BCUT2D eigenvalue weighted by molar-refractivity contribution is 0.742. The topological polar surface area (TPSA) is 0 Å². The maximum Gasteiger partial charge on any atom is 0.00885 e. The molecular weight excluding hydrogens is 164 g/mol. The molecule has 0 bridgehead atoms. The van der Waals surface area contributed by atoms with Crippen molar-refractivity contribution in [2.75, 3.05) is 11.5 Å². The molecule has 0 nitrogen and oxygen atoms in total. The van der Waals surface area contributed by atoms with Crippen molar-refractivity contribution < 1.29 is 0 Å². The van der Waals surface area contributed by atoms with Crippen LogP contribution in [0.25, 0.3) is 0 Å². The van der Waals surface area contributed by atoms with Crippen LogP contribution < -0.4 is 0 Å². The van der Waals surface area contributed by atoms with E-state index in [1.165, 1.54) is 37.2 Å². The third-order valence-corrected chi connectivity index (χ3v) is 2.89. The van der Waals surface area contributed by atoms with E-state index in [2.05, 4.69) is 30.5 Å². The van der Waals surface area contributed by atoms with Crippen LogP contribution in [0.5, 0.6) is 0 Å². The van der Waals surface area contributed by atoms with Gasteiger partial charge < -0.3 is 0 Å². The van der Waals surface area contributed by atoms with Gasteiger partial charge >= 0.3 is 0 Å². The van der Waals surface area contributed by atoms with E-state index in [-0.39, 0.29) is 0 Å². The molecule has 0 radical (unpaired) electrons. The molecule has 0 aromatic rings. The molecule has 0 aromatic carbocycles. The summed E-state index contributed by atoms with van der Waals surface area (Å²) in [6, 6.07) is 0. The fraction of sp³-hybridized carbons (Fsp3) is 0.818. The third-order valence-electron chi connectivity index (χ3n) is 1.62. The van der Waals surface area contributed by atoms with E-state index >= 15 is 0 Å². The minimum absolute atomic E-state index is 1.09. The van der Waals surface area contributed by atoms with E-state index < -0.39 is 0 Å². The molecule has 0 atom stereocenters.